The Hall–Kier alpha value is -1.95. The van der Waals surface area contributed by atoms with Gasteiger partial charge < -0.3 is 24.8 Å². The molecule has 28 heavy (non-hydrogen) atoms. The first-order valence-corrected chi connectivity index (χ1v) is 10.6. The third kappa shape index (κ3) is 3.32. The second-order valence-corrected chi connectivity index (χ2v) is 8.15. The fraction of sp³-hybridized carbons (Fsp3) is 0.682. The zero-order valence-electron chi connectivity index (χ0n) is 17.3. The molecule has 1 aromatic rings. The van der Waals surface area contributed by atoms with Crippen LogP contribution in [0.4, 0.5) is 0 Å². The van der Waals surface area contributed by atoms with Crippen LogP contribution < -0.4 is 20.1 Å². The number of fused-ring (bicyclic) bond motifs is 2. The third-order valence-corrected chi connectivity index (χ3v) is 6.79. The lowest BCUT2D eigenvalue weighted by Crippen LogP contribution is -2.72. The molecule has 4 rings (SSSR count). The van der Waals surface area contributed by atoms with Crippen molar-refractivity contribution in [2.45, 2.75) is 51.2 Å². The lowest BCUT2D eigenvalue weighted by Gasteiger charge is -2.63. The first-order valence-electron chi connectivity index (χ1n) is 10.6. The van der Waals surface area contributed by atoms with Gasteiger partial charge in [0.2, 0.25) is 0 Å². The summed E-state index contributed by atoms with van der Waals surface area (Å²) in [5.74, 6) is 3.11. The molecule has 2 aliphatic carbocycles. The van der Waals surface area contributed by atoms with E-state index in [4.69, 9.17) is 19.2 Å². The van der Waals surface area contributed by atoms with Gasteiger partial charge in [0.1, 0.15) is 0 Å². The summed E-state index contributed by atoms with van der Waals surface area (Å²) < 4.78 is 16.8. The predicted octanol–water partition coefficient (Wildman–Crippen LogP) is 2.76. The van der Waals surface area contributed by atoms with Crippen LogP contribution >= 0.6 is 0 Å². The molecule has 3 unspecified atom stereocenters. The van der Waals surface area contributed by atoms with Crippen molar-refractivity contribution in [1.82, 2.24) is 10.6 Å². The Kier molecular flexibility index (Phi) is 5.67. The number of hydrogen-bond acceptors (Lipinski definition) is 4. The van der Waals surface area contributed by atoms with Gasteiger partial charge in [0.25, 0.3) is 0 Å². The first-order chi connectivity index (χ1) is 13.7. The molecule has 1 aromatic carbocycles. The Morgan fingerprint density at radius 2 is 2.07 bits per heavy atom. The predicted molar refractivity (Wildman–Crippen MR) is 110 cm³/mol. The van der Waals surface area contributed by atoms with Crippen LogP contribution in [0.15, 0.2) is 23.2 Å². The van der Waals surface area contributed by atoms with Gasteiger partial charge in [-0.2, -0.15) is 0 Å². The van der Waals surface area contributed by atoms with Crippen molar-refractivity contribution in [3.8, 4) is 11.5 Å². The maximum absolute atomic E-state index is 6.04. The molecule has 1 spiro atoms. The minimum absolute atomic E-state index is 0.362. The average molecular weight is 388 g/mol. The van der Waals surface area contributed by atoms with Gasteiger partial charge in [-0.3, -0.25) is 4.99 Å². The van der Waals surface area contributed by atoms with Gasteiger partial charge in [-0.15, -0.1) is 0 Å². The smallest absolute Gasteiger partial charge is 0.191 e. The van der Waals surface area contributed by atoms with Crippen molar-refractivity contribution >= 4 is 5.96 Å². The van der Waals surface area contributed by atoms with Crippen LogP contribution in [0.25, 0.3) is 0 Å². The number of ether oxygens (including phenoxy) is 3. The standard InChI is InChI=1S/C22H33N3O3/c1-4-23-21(24-12-8-15-6-7-17(26-2)18(14-15)27-3)25-19-16-9-13-28-20(16)22(19)10-5-11-22/h6-7,14,16,19-20H,4-5,8-13H2,1-3H3,(H2,23,24,25). The summed E-state index contributed by atoms with van der Waals surface area (Å²) in [5.41, 5.74) is 1.56. The largest absolute Gasteiger partial charge is 0.493 e. The molecule has 2 saturated carbocycles. The number of nitrogens with one attached hydrogen (secondary N) is 2. The molecular formula is C22H33N3O3. The number of hydrogen-bond donors (Lipinski definition) is 2. The minimum atomic E-state index is 0.362. The molecule has 0 aromatic heterocycles. The molecule has 154 valence electrons. The summed E-state index contributed by atoms with van der Waals surface area (Å²) in [6.45, 7) is 4.64. The summed E-state index contributed by atoms with van der Waals surface area (Å²) >= 11 is 0. The highest BCUT2D eigenvalue weighted by Gasteiger charge is 2.66. The normalized spacial score (nSPS) is 27.5. The van der Waals surface area contributed by atoms with Gasteiger partial charge >= 0.3 is 0 Å². The Bertz CT molecular complexity index is 717. The highest BCUT2D eigenvalue weighted by molar-refractivity contribution is 5.80. The third-order valence-electron chi connectivity index (χ3n) is 6.79. The van der Waals surface area contributed by atoms with E-state index in [2.05, 4.69) is 23.6 Å². The van der Waals surface area contributed by atoms with Crippen LogP contribution in [0.5, 0.6) is 11.5 Å². The van der Waals surface area contributed by atoms with E-state index in [1.165, 1.54) is 31.2 Å². The van der Waals surface area contributed by atoms with Gasteiger partial charge in [-0.25, -0.2) is 0 Å². The van der Waals surface area contributed by atoms with Crippen molar-refractivity contribution < 1.29 is 14.2 Å². The highest BCUT2D eigenvalue weighted by Crippen LogP contribution is 2.62. The molecule has 1 aliphatic heterocycles. The SMILES string of the molecule is CCNC(=NCCc1ccc(OC)c(OC)c1)NC1C2CCOC2C12CCC2. The molecular weight excluding hydrogens is 354 g/mol. The molecule has 2 N–H and O–H groups in total. The highest BCUT2D eigenvalue weighted by atomic mass is 16.5. The lowest BCUT2D eigenvalue weighted by atomic mass is 9.46. The summed E-state index contributed by atoms with van der Waals surface area (Å²) in [6, 6.07) is 6.57. The van der Waals surface area contributed by atoms with E-state index in [1.54, 1.807) is 14.2 Å². The number of nitrogens with zero attached hydrogens (tertiary/aromatic N) is 1. The fourth-order valence-corrected chi connectivity index (χ4v) is 5.26. The van der Waals surface area contributed by atoms with Gasteiger partial charge in [0, 0.05) is 37.1 Å². The van der Waals surface area contributed by atoms with Gasteiger partial charge in [-0.05, 0) is 50.3 Å². The molecule has 1 heterocycles. The molecule has 0 radical (unpaired) electrons. The fourth-order valence-electron chi connectivity index (χ4n) is 5.26. The van der Waals surface area contributed by atoms with E-state index in [9.17, 15) is 0 Å². The number of benzene rings is 1. The van der Waals surface area contributed by atoms with E-state index < -0.39 is 0 Å². The monoisotopic (exact) mass is 387 g/mol. The molecule has 3 atom stereocenters. The van der Waals surface area contributed by atoms with E-state index in [-0.39, 0.29) is 0 Å². The molecule has 6 nitrogen and oxygen atoms in total. The zero-order chi connectivity index (χ0) is 19.6. The second kappa shape index (κ2) is 8.19. The molecule has 0 bridgehead atoms. The van der Waals surface area contributed by atoms with Crippen LogP contribution in [0.3, 0.4) is 0 Å². The Morgan fingerprint density at radius 3 is 2.75 bits per heavy atom. The van der Waals surface area contributed by atoms with Gasteiger partial charge in [0.15, 0.2) is 17.5 Å². The zero-order valence-corrected chi connectivity index (χ0v) is 17.3. The van der Waals surface area contributed by atoms with Crippen molar-refractivity contribution in [2.75, 3.05) is 33.9 Å². The molecule has 6 heteroatoms. The van der Waals surface area contributed by atoms with Crippen molar-refractivity contribution in [3.63, 3.8) is 0 Å². The topological polar surface area (TPSA) is 64.1 Å². The van der Waals surface area contributed by atoms with E-state index >= 15 is 0 Å². The number of aliphatic imine (C=N–C) groups is 1. The number of guanidine groups is 1. The van der Waals surface area contributed by atoms with E-state index in [0.29, 0.717) is 23.5 Å². The number of rotatable bonds is 7. The average Bonchev–Trinajstić information content (AvgIpc) is 3.09. The summed E-state index contributed by atoms with van der Waals surface area (Å²) in [6.07, 6.45) is 6.43. The number of methoxy groups -OCH3 is 2. The maximum atomic E-state index is 6.04. The van der Waals surface area contributed by atoms with Gasteiger partial charge in [-0.1, -0.05) is 12.5 Å². The Balaban J connectivity index is 1.39. The maximum Gasteiger partial charge on any atom is 0.191 e. The summed E-state index contributed by atoms with van der Waals surface area (Å²) in [5, 5.41) is 7.19. The first kappa shape index (κ1) is 19.4. The Morgan fingerprint density at radius 1 is 1.25 bits per heavy atom. The van der Waals surface area contributed by atoms with Crippen LogP contribution in [-0.4, -0.2) is 52.0 Å². The molecule has 3 aliphatic rings. The quantitative estimate of drug-likeness (QED) is 0.556. The molecule has 1 saturated heterocycles. The van der Waals surface area contributed by atoms with E-state index in [1.807, 2.05) is 12.1 Å². The minimum Gasteiger partial charge on any atom is -0.493 e. The van der Waals surface area contributed by atoms with Crippen LogP contribution in [0, 0.1) is 11.3 Å². The van der Waals surface area contributed by atoms with Crippen molar-refractivity contribution in [2.24, 2.45) is 16.3 Å². The molecule has 0 amide bonds. The van der Waals surface area contributed by atoms with Crippen LogP contribution in [-0.2, 0) is 11.2 Å². The van der Waals surface area contributed by atoms with Gasteiger partial charge in [0.05, 0.1) is 20.3 Å². The van der Waals surface area contributed by atoms with Crippen molar-refractivity contribution in [1.29, 1.82) is 0 Å². The summed E-state index contributed by atoms with van der Waals surface area (Å²) in [7, 11) is 3.33. The van der Waals surface area contributed by atoms with Crippen LogP contribution in [0.1, 0.15) is 38.2 Å². The Labute approximate surface area is 168 Å². The summed E-state index contributed by atoms with van der Waals surface area (Å²) in [4.78, 5) is 4.85. The molecule has 3 fully saturated rings. The van der Waals surface area contributed by atoms with Crippen LogP contribution in [0.2, 0.25) is 0 Å². The second-order valence-electron chi connectivity index (χ2n) is 8.15. The van der Waals surface area contributed by atoms with E-state index in [0.717, 1.165) is 43.6 Å². The lowest BCUT2D eigenvalue weighted by molar-refractivity contribution is -0.171. The van der Waals surface area contributed by atoms with Crippen molar-refractivity contribution in [3.05, 3.63) is 23.8 Å².